The van der Waals surface area contributed by atoms with Crippen LogP contribution in [0.5, 0.6) is 5.75 Å². The first-order chi connectivity index (χ1) is 10.5. The average Bonchev–Trinajstić information content (AvgIpc) is 2.48. The summed E-state index contributed by atoms with van der Waals surface area (Å²) >= 11 is 0. The number of nitrogens with one attached hydrogen (secondary N) is 1. The summed E-state index contributed by atoms with van der Waals surface area (Å²) in [6, 6.07) is 17.7. The van der Waals surface area contributed by atoms with Gasteiger partial charge in [0, 0.05) is 10.5 Å². The Morgan fingerprint density at radius 3 is 2.58 bits per heavy atom. The number of rotatable bonds is 6. The molecule has 0 bridgehead atoms. The van der Waals surface area contributed by atoms with Gasteiger partial charge in [0.2, 0.25) is 0 Å². The largest absolute Gasteiger partial charge is 0.485 e. The minimum Gasteiger partial charge on any atom is -0.485 e. The van der Waals surface area contributed by atoms with Gasteiger partial charge in [-0.2, -0.15) is 0 Å². The van der Waals surface area contributed by atoms with E-state index in [9.17, 15) is 0 Å². The zero-order chi connectivity index (χ0) is 16.0. The van der Waals surface area contributed by atoms with E-state index in [1.54, 1.807) is 0 Å². The Morgan fingerprint density at radius 1 is 1.11 bits per heavy atom. The molecule has 0 saturated carbocycles. The summed E-state index contributed by atoms with van der Waals surface area (Å²) in [7, 11) is 0. The van der Waals surface area contributed by atoms with E-state index in [-0.39, 0.29) is 6.10 Å². The van der Waals surface area contributed by atoms with Gasteiger partial charge in [0.25, 0.3) is 0 Å². The van der Waals surface area contributed by atoms with Crippen LogP contribution in [-0.4, -0.2) is 13.5 Å². The van der Waals surface area contributed by atoms with E-state index in [0.29, 0.717) is 13.0 Å². The van der Waals surface area contributed by atoms with Crippen molar-refractivity contribution in [2.45, 2.75) is 19.4 Å². The van der Waals surface area contributed by atoms with E-state index in [1.807, 2.05) is 61.5 Å². The van der Waals surface area contributed by atoms with Gasteiger partial charge in [-0.25, -0.2) is 0 Å². The molecule has 2 heteroatoms. The third kappa shape index (κ3) is 3.83. The van der Waals surface area contributed by atoms with Gasteiger partial charge in [0.05, 0.1) is 0 Å². The predicted molar refractivity (Wildman–Crippen MR) is 79.5 cm³/mol. The van der Waals surface area contributed by atoms with Crippen LogP contribution in [0.1, 0.15) is 27.8 Å². The Balaban J connectivity index is 2.10. The Hall–Kier alpha value is -1.80. The molecule has 1 N–H and O–H groups in total. The van der Waals surface area contributed by atoms with Crippen molar-refractivity contribution in [1.82, 2.24) is 5.32 Å². The van der Waals surface area contributed by atoms with Crippen molar-refractivity contribution in [1.29, 1.82) is 0 Å². The molecule has 0 heterocycles. The third-order valence-electron chi connectivity index (χ3n) is 3.07. The molecule has 0 unspecified atom stereocenters. The second-order valence-corrected chi connectivity index (χ2v) is 4.50. The lowest BCUT2D eigenvalue weighted by Gasteiger charge is -2.20. The molecule has 100 valence electrons. The Kier molecular flexibility index (Phi) is 3.68. The molecule has 0 aromatic heterocycles. The van der Waals surface area contributed by atoms with Gasteiger partial charge in [-0.15, -0.1) is 0 Å². The fourth-order valence-electron chi connectivity index (χ4n) is 2.01. The summed E-state index contributed by atoms with van der Waals surface area (Å²) in [4.78, 5) is 0. The molecule has 2 aromatic carbocycles. The van der Waals surface area contributed by atoms with E-state index >= 15 is 0 Å². The van der Waals surface area contributed by atoms with E-state index in [2.05, 4.69) is 5.32 Å². The topological polar surface area (TPSA) is 21.3 Å². The van der Waals surface area contributed by atoms with Gasteiger partial charge in [0.15, 0.2) is 0 Å². The summed E-state index contributed by atoms with van der Waals surface area (Å²) in [5.74, 6) is 0.824. The highest BCUT2D eigenvalue weighted by Crippen LogP contribution is 2.26. The van der Waals surface area contributed by atoms with E-state index < -0.39 is 6.98 Å². The van der Waals surface area contributed by atoms with Gasteiger partial charge in [-0.05, 0) is 37.6 Å². The minimum atomic E-state index is -2.12. The summed E-state index contributed by atoms with van der Waals surface area (Å²) < 4.78 is 27.8. The molecule has 0 aliphatic rings. The monoisotopic (exact) mass is 258 g/mol. The van der Waals surface area contributed by atoms with Crippen LogP contribution in [0.2, 0.25) is 0 Å². The van der Waals surface area contributed by atoms with Crippen molar-refractivity contribution in [2.24, 2.45) is 0 Å². The molecule has 2 rings (SSSR count). The Morgan fingerprint density at radius 2 is 1.84 bits per heavy atom. The van der Waals surface area contributed by atoms with E-state index in [4.69, 9.17) is 8.85 Å². The normalized spacial score (nSPS) is 15.1. The van der Waals surface area contributed by atoms with Crippen molar-refractivity contribution >= 4 is 0 Å². The highest BCUT2D eigenvalue weighted by molar-refractivity contribution is 5.33. The smallest absolute Gasteiger partial charge is 0.125 e. The van der Waals surface area contributed by atoms with E-state index in [0.717, 1.165) is 16.9 Å². The van der Waals surface area contributed by atoms with Crippen LogP contribution in [0.3, 0.4) is 0 Å². The highest BCUT2D eigenvalue weighted by Gasteiger charge is 2.13. The maximum Gasteiger partial charge on any atom is 0.125 e. The van der Waals surface area contributed by atoms with Gasteiger partial charge < -0.3 is 10.1 Å². The molecule has 0 amide bonds. The first-order valence-corrected chi connectivity index (χ1v) is 6.48. The number of para-hydroxylation sites is 1. The molecule has 0 spiro atoms. The van der Waals surface area contributed by atoms with Gasteiger partial charge in [-0.3, -0.25) is 0 Å². The lowest BCUT2D eigenvalue weighted by molar-refractivity contribution is 0.193. The molecule has 1 atom stereocenters. The van der Waals surface area contributed by atoms with Crippen LogP contribution in [0.4, 0.5) is 0 Å². The van der Waals surface area contributed by atoms with Gasteiger partial charge in [0.1, 0.15) is 11.9 Å². The van der Waals surface area contributed by atoms with Crippen molar-refractivity contribution < 1.29 is 8.85 Å². The fraction of sp³-hybridized carbons (Fsp3) is 0.294. The Bertz CT molecular complexity index is 584. The highest BCUT2D eigenvalue weighted by atomic mass is 16.5. The maximum absolute atomic E-state index is 7.22. The van der Waals surface area contributed by atoms with Crippen molar-refractivity contribution in [3.05, 3.63) is 65.7 Å². The Labute approximate surface area is 119 Å². The van der Waals surface area contributed by atoms with Crippen LogP contribution in [-0.2, 0) is 0 Å². The summed E-state index contributed by atoms with van der Waals surface area (Å²) in [6.07, 6.45) is 0.397. The fourth-order valence-corrected chi connectivity index (χ4v) is 2.01. The average molecular weight is 258 g/mol. The zero-order valence-electron chi connectivity index (χ0n) is 14.1. The molecular formula is C17H21NO. The van der Waals surface area contributed by atoms with Crippen LogP contribution < -0.4 is 10.1 Å². The van der Waals surface area contributed by atoms with Crippen LogP contribution in [0.15, 0.2) is 54.6 Å². The third-order valence-corrected chi connectivity index (χ3v) is 3.07. The number of hydrogen-bond donors (Lipinski definition) is 1. The summed E-state index contributed by atoms with van der Waals surface area (Å²) in [6.45, 7) is 0.240. The first kappa shape index (κ1) is 10.0. The second-order valence-electron chi connectivity index (χ2n) is 4.50. The number of hydrogen-bond acceptors (Lipinski definition) is 2. The molecule has 0 saturated heterocycles. The molecular weight excluding hydrogens is 234 g/mol. The maximum atomic E-state index is 7.22. The van der Waals surface area contributed by atoms with Gasteiger partial charge >= 0.3 is 0 Å². The molecule has 2 aromatic rings. The quantitative estimate of drug-likeness (QED) is 0.852. The minimum absolute atomic E-state index is 0.183. The summed E-state index contributed by atoms with van der Waals surface area (Å²) in [5.41, 5.74) is 2.10. The second kappa shape index (κ2) is 6.95. The molecule has 2 nitrogen and oxygen atoms in total. The molecule has 0 aliphatic heterocycles. The van der Waals surface area contributed by atoms with Crippen molar-refractivity contribution in [3.8, 4) is 5.75 Å². The predicted octanol–water partition coefficient (Wildman–Crippen LogP) is 3.72. The zero-order valence-corrected chi connectivity index (χ0v) is 11.1. The molecule has 19 heavy (non-hydrogen) atoms. The van der Waals surface area contributed by atoms with Crippen LogP contribution >= 0.6 is 0 Å². The van der Waals surface area contributed by atoms with Crippen LogP contribution in [0.25, 0.3) is 0 Å². The molecule has 0 fully saturated rings. The number of aryl methyl sites for hydroxylation is 1. The number of benzene rings is 2. The van der Waals surface area contributed by atoms with E-state index in [1.165, 1.54) is 0 Å². The number of ether oxygens (including phenoxy) is 1. The molecule has 0 aliphatic carbocycles. The lowest BCUT2D eigenvalue weighted by Crippen LogP contribution is -2.16. The lowest BCUT2D eigenvalue weighted by atomic mass is 10.1. The van der Waals surface area contributed by atoms with Crippen molar-refractivity contribution in [3.63, 3.8) is 0 Å². The first-order valence-electron chi connectivity index (χ1n) is 7.98. The van der Waals surface area contributed by atoms with Crippen molar-refractivity contribution in [2.75, 3.05) is 13.5 Å². The van der Waals surface area contributed by atoms with Gasteiger partial charge in [-0.1, -0.05) is 48.5 Å². The summed E-state index contributed by atoms with van der Waals surface area (Å²) in [5, 5.41) is 2.54. The van der Waals surface area contributed by atoms with Crippen LogP contribution in [0, 0.1) is 6.92 Å². The standard InChI is InChI=1S/C17H21NO/c1-14-8-6-7-11-16(14)19-17(12-13-18-2)15-9-4-3-5-10-15/h3-11,17-18H,12-13H2,1-2H3/t17-/m1/s1/i2D3. The molecule has 0 radical (unpaired) electrons. The SMILES string of the molecule is [2H]C([2H])([2H])NCC[C@@H](Oc1ccccc1C)c1ccccc1.